The molecule has 2 N–H and O–H groups in total. The van der Waals surface area contributed by atoms with Gasteiger partial charge in [0.15, 0.2) is 0 Å². The molecule has 0 saturated carbocycles. The van der Waals surface area contributed by atoms with Gasteiger partial charge in [-0.2, -0.15) is 0 Å². The quantitative estimate of drug-likeness (QED) is 0.725. The topological polar surface area (TPSA) is 26.0 Å². The lowest BCUT2D eigenvalue weighted by Gasteiger charge is -2.29. The van der Waals surface area contributed by atoms with E-state index in [1.807, 2.05) is 12.1 Å². The van der Waals surface area contributed by atoms with Gasteiger partial charge in [0.05, 0.1) is 0 Å². The Bertz CT molecular complexity index is 356. The molecule has 1 nitrogen and oxygen atoms in total. The van der Waals surface area contributed by atoms with E-state index in [9.17, 15) is 4.39 Å². The van der Waals surface area contributed by atoms with Gasteiger partial charge in [-0.05, 0) is 43.4 Å². The molecule has 1 rings (SSSR count). The lowest BCUT2D eigenvalue weighted by Crippen LogP contribution is -2.40. The fourth-order valence-corrected chi connectivity index (χ4v) is 2.74. The van der Waals surface area contributed by atoms with Crippen LogP contribution in [0.3, 0.4) is 0 Å². The number of halogens is 1. The summed E-state index contributed by atoms with van der Waals surface area (Å²) in [6.07, 6.45) is 6.84. The molecular formula is C17H28FN. The standard InChI is InChI=1S/C17H28FN/c1-4-6-7-14(5-2)12-17(3,19)13-15-8-10-16(18)11-9-15/h8-11,14H,4-7,12-13,19H2,1-3H3. The first-order valence-electron chi connectivity index (χ1n) is 7.50. The monoisotopic (exact) mass is 265 g/mol. The zero-order valence-corrected chi connectivity index (χ0v) is 12.6. The summed E-state index contributed by atoms with van der Waals surface area (Å²) in [5.41, 5.74) is 7.36. The Kier molecular flexibility index (Phi) is 6.50. The van der Waals surface area contributed by atoms with E-state index in [0.717, 1.165) is 18.4 Å². The van der Waals surface area contributed by atoms with Gasteiger partial charge in [0, 0.05) is 5.54 Å². The summed E-state index contributed by atoms with van der Waals surface area (Å²) in [6, 6.07) is 6.71. The fourth-order valence-electron chi connectivity index (χ4n) is 2.74. The van der Waals surface area contributed by atoms with Gasteiger partial charge in [-0.1, -0.05) is 51.7 Å². The van der Waals surface area contributed by atoms with Crippen LogP contribution < -0.4 is 5.73 Å². The van der Waals surface area contributed by atoms with Crippen LogP contribution in [-0.2, 0) is 6.42 Å². The number of rotatable bonds is 8. The molecule has 0 aliphatic heterocycles. The number of unbranched alkanes of at least 4 members (excludes halogenated alkanes) is 1. The van der Waals surface area contributed by atoms with E-state index < -0.39 is 0 Å². The molecule has 0 saturated heterocycles. The summed E-state index contributed by atoms with van der Waals surface area (Å²) in [6.45, 7) is 6.59. The fraction of sp³-hybridized carbons (Fsp3) is 0.647. The molecule has 0 bridgehead atoms. The Labute approximate surface area is 117 Å². The third kappa shape index (κ3) is 6.20. The predicted octanol–water partition coefficient (Wildman–Crippen LogP) is 4.69. The normalized spacial score (nSPS) is 16.1. The molecule has 0 spiro atoms. The molecule has 2 heteroatoms. The van der Waals surface area contributed by atoms with Crippen molar-refractivity contribution in [2.45, 2.75) is 64.8 Å². The van der Waals surface area contributed by atoms with E-state index in [0.29, 0.717) is 5.92 Å². The van der Waals surface area contributed by atoms with Crippen molar-refractivity contribution in [2.75, 3.05) is 0 Å². The van der Waals surface area contributed by atoms with E-state index in [1.165, 1.54) is 37.8 Å². The van der Waals surface area contributed by atoms with Crippen LogP contribution in [-0.4, -0.2) is 5.54 Å². The lowest BCUT2D eigenvalue weighted by atomic mass is 9.81. The first-order valence-corrected chi connectivity index (χ1v) is 7.50. The molecular weight excluding hydrogens is 237 g/mol. The summed E-state index contributed by atoms with van der Waals surface area (Å²) in [4.78, 5) is 0. The van der Waals surface area contributed by atoms with Gasteiger partial charge >= 0.3 is 0 Å². The van der Waals surface area contributed by atoms with Gasteiger partial charge in [-0.25, -0.2) is 4.39 Å². The first kappa shape index (κ1) is 16.2. The second-order valence-corrected chi connectivity index (χ2v) is 6.08. The molecule has 0 fully saturated rings. The van der Waals surface area contributed by atoms with Crippen molar-refractivity contribution in [3.63, 3.8) is 0 Å². The summed E-state index contributed by atoms with van der Waals surface area (Å²) < 4.78 is 12.9. The molecule has 0 aliphatic carbocycles. The van der Waals surface area contributed by atoms with E-state index in [1.54, 1.807) is 0 Å². The zero-order chi connectivity index (χ0) is 14.3. The van der Waals surface area contributed by atoms with Crippen molar-refractivity contribution in [2.24, 2.45) is 11.7 Å². The van der Waals surface area contributed by atoms with Crippen LogP contribution in [0.15, 0.2) is 24.3 Å². The summed E-state index contributed by atoms with van der Waals surface area (Å²) in [7, 11) is 0. The summed E-state index contributed by atoms with van der Waals surface area (Å²) >= 11 is 0. The molecule has 2 atom stereocenters. The van der Waals surface area contributed by atoms with Crippen molar-refractivity contribution in [3.05, 3.63) is 35.6 Å². The molecule has 1 aromatic rings. The average Bonchev–Trinajstić information content (AvgIpc) is 2.37. The van der Waals surface area contributed by atoms with Crippen LogP contribution in [0.4, 0.5) is 4.39 Å². The van der Waals surface area contributed by atoms with Gasteiger partial charge in [-0.15, -0.1) is 0 Å². The minimum Gasteiger partial charge on any atom is -0.325 e. The van der Waals surface area contributed by atoms with Crippen molar-refractivity contribution in [1.82, 2.24) is 0 Å². The average molecular weight is 265 g/mol. The van der Waals surface area contributed by atoms with Crippen LogP contribution in [0.1, 0.15) is 58.4 Å². The van der Waals surface area contributed by atoms with Gasteiger partial charge in [0.25, 0.3) is 0 Å². The second kappa shape index (κ2) is 7.64. The first-order chi connectivity index (χ1) is 8.96. The van der Waals surface area contributed by atoms with Crippen molar-refractivity contribution in [1.29, 1.82) is 0 Å². The van der Waals surface area contributed by atoms with Gasteiger partial charge in [0.1, 0.15) is 5.82 Å². The molecule has 0 heterocycles. The Hall–Kier alpha value is -0.890. The molecule has 0 aliphatic rings. The maximum absolute atomic E-state index is 12.9. The van der Waals surface area contributed by atoms with E-state index in [4.69, 9.17) is 5.73 Å². The molecule has 0 amide bonds. The van der Waals surface area contributed by atoms with E-state index in [-0.39, 0.29) is 11.4 Å². The van der Waals surface area contributed by atoms with Crippen LogP contribution in [0.5, 0.6) is 0 Å². The van der Waals surface area contributed by atoms with Gasteiger partial charge in [0.2, 0.25) is 0 Å². The Morgan fingerprint density at radius 1 is 1.21 bits per heavy atom. The minimum absolute atomic E-state index is 0.183. The second-order valence-electron chi connectivity index (χ2n) is 6.08. The Balaban J connectivity index is 2.56. The van der Waals surface area contributed by atoms with Crippen LogP contribution in [0.25, 0.3) is 0 Å². The number of hydrogen-bond acceptors (Lipinski definition) is 1. The third-order valence-electron chi connectivity index (χ3n) is 3.82. The predicted molar refractivity (Wildman–Crippen MR) is 80.6 cm³/mol. The Morgan fingerprint density at radius 2 is 1.84 bits per heavy atom. The highest BCUT2D eigenvalue weighted by molar-refractivity contribution is 5.18. The number of nitrogens with two attached hydrogens (primary N) is 1. The van der Waals surface area contributed by atoms with Crippen molar-refractivity contribution in [3.8, 4) is 0 Å². The van der Waals surface area contributed by atoms with Gasteiger partial charge < -0.3 is 5.73 Å². The number of hydrogen-bond donors (Lipinski definition) is 1. The molecule has 19 heavy (non-hydrogen) atoms. The van der Waals surface area contributed by atoms with Crippen LogP contribution in [0, 0.1) is 11.7 Å². The molecule has 0 aromatic heterocycles. The largest absolute Gasteiger partial charge is 0.325 e. The van der Waals surface area contributed by atoms with E-state index in [2.05, 4.69) is 20.8 Å². The molecule has 2 unspecified atom stereocenters. The van der Waals surface area contributed by atoms with Gasteiger partial charge in [-0.3, -0.25) is 0 Å². The third-order valence-corrected chi connectivity index (χ3v) is 3.82. The van der Waals surface area contributed by atoms with Crippen LogP contribution >= 0.6 is 0 Å². The highest BCUT2D eigenvalue weighted by Crippen LogP contribution is 2.25. The summed E-state index contributed by atoms with van der Waals surface area (Å²) in [5.74, 6) is 0.521. The number of benzene rings is 1. The van der Waals surface area contributed by atoms with Crippen molar-refractivity contribution < 1.29 is 4.39 Å². The van der Waals surface area contributed by atoms with Crippen LogP contribution in [0.2, 0.25) is 0 Å². The minimum atomic E-state index is -0.202. The summed E-state index contributed by atoms with van der Waals surface area (Å²) in [5, 5.41) is 0. The highest BCUT2D eigenvalue weighted by atomic mass is 19.1. The van der Waals surface area contributed by atoms with Crippen molar-refractivity contribution >= 4 is 0 Å². The zero-order valence-electron chi connectivity index (χ0n) is 12.6. The maximum atomic E-state index is 12.9. The maximum Gasteiger partial charge on any atom is 0.123 e. The van der Waals surface area contributed by atoms with E-state index >= 15 is 0 Å². The molecule has 108 valence electrons. The Morgan fingerprint density at radius 3 is 2.37 bits per heavy atom. The smallest absolute Gasteiger partial charge is 0.123 e. The molecule has 1 aromatic carbocycles. The SMILES string of the molecule is CCCCC(CC)CC(C)(N)Cc1ccc(F)cc1. The lowest BCUT2D eigenvalue weighted by molar-refractivity contribution is 0.309. The highest BCUT2D eigenvalue weighted by Gasteiger charge is 2.23. The molecule has 0 radical (unpaired) electrons.